The van der Waals surface area contributed by atoms with E-state index in [0.29, 0.717) is 31.6 Å². The molecule has 5 nitrogen and oxygen atoms in total. The Bertz CT molecular complexity index is 544. The molecule has 1 aromatic carbocycles. The lowest BCUT2D eigenvalue weighted by Gasteiger charge is -2.37. The van der Waals surface area contributed by atoms with Gasteiger partial charge in [-0.15, -0.1) is 0 Å². The molecule has 0 aromatic heterocycles. The molecule has 20 heavy (non-hydrogen) atoms. The maximum absolute atomic E-state index is 12.3. The maximum atomic E-state index is 12.3. The molecule has 2 heterocycles. The molecule has 2 aliphatic heterocycles. The predicted molar refractivity (Wildman–Crippen MR) is 73.1 cm³/mol. The van der Waals surface area contributed by atoms with E-state index >= 15 is 0 Å². The molecule has 0 saturated carbocycles. The van der Waals surface area contributed by atoms with E-state index in [4.69, 9.17) is 0 Å². The van der Waals surface area contributed by atoms with Gasteiger partial charge in [0, 0.05) is 37.7 Å². The molecule has 0 radical (unpaired) electrons. The summed E-state index contributed by atoms with van der Waals surface area (Å²) in [6.45, 7) is 1.85. The third-order valence-corrected chi connectivity index (χ3v) is 4.18. The number of phenols is 1. The molecular formula is C15H18N2O3. The molecule has 3 rings (SSSR count). The van der Waals surface area contributed by atoms with Crippen molar-refractivity contribution in [2.24, 2.45) is 0 Å². The number of carbonyl (C=O) groups is 2. The largest absolute Gasteiger partial charge is 0.508 e. The number of aromatic hydroxyl groups is 1. The molecule has 0 bridgehead atoms. The molecule has 2 amide bonds. The quantitative estimate of drug-likeness (QED) is 0.866. The number of phenolic OH excluding ortho intramolecular Hbond substituents is 1. The van der Waals surface area contributed by atoms with Crippen LogP contribution in [0.3, 0.4) is 0 Å². The van der Waals surface area contributed by atoms with Crippen LogP contribution in [-0.4, -0.2) is 52.4 Å². The van der Waals surface area contributed by atoms with Crippen molar-refractivity contribution in [2.75, 3.05) is 19.6 Å². The van der Waals surface area contributed by atoms with Gasteiger partial charge in [-0.3, -0.25) is 9.59 Å². The monoisotopic (exact) mass is 274 g/mol. The zero-order chi connectivity index (χ0) is 14.1. The smallest absolute Gasteiger partial charge is 0.227 e. The van der Waals surface area contributed by atoms with Crippen molar-refractivity contribution in [2.45, 2.75) is 25.3 Å². The van der Waals surface area contributed by atoms with Gasteiger partial charge in [-0.05, 0) is 12.5 Å². The number of fused-ring (bicyclic) bond motifs is 1. The third-order valence-electron chi connectivity index (χ3n) is 4.18. The minimum Gasteiger partial charge on any atom is -0.508 e. The van der Waals surface area contributed by atoms with Crippen LogP contribution in [0.1, 0.15) is 18.4 Å². The summed E-state index contributed by atoms with van der Waals surface area (Å²) in [5.74, 6) is 0.392. The van der Waals surface area contributed by atoms with Crippen molar-refractivity contribution in [1.82, 2.24) is 9.80 Å². The average Bonchev–Trinajstić information content (AvgIpc) is 2.82. The first kappa shape index (κ1) is 13.0. The highest BCUT2D eigenvalue weighted by Gasteiger charge is 2.36. The number of nitrogens with zero attached hydrogens (tertiary/aromatic N) is 2. The summed E-state index contributed by atoms with van der Waals surface area (Å²) in [5.41, 5.74) is 0.655. The fourth-order valence-electron chi connectivity index (χ4n) is 3.03. The Labute approximate surface area is 117 Å². The van der Waals surface area contributed by atoms with Crippen LogP contribution in [0.4, 0.5) is 0 Å². The normalized spacial score (nSPS) is 22.0. The van der Waals surface area contributed by atoms with E-state index in [1.165, 1.54) is 0 Å². The molecule has 5 heteroatoms. The number of para-hydroxylation sites is 1. The van der Waals surface area contributed by atoms with Gasteiger partial charge in [0.15, 0.2) is 0 Å². The van der Waals surface area contributed by atoms with Crippen LogP contribution < -0.4 is 0 Å². The van der Waals surface area contributed by atoms with Gasteiger partial charge in [0.2, 0.25) is 11.8 Å². The molecule has 0 aliphatic carbocycles. The van der Waals surface area contributed by atoms with Crippen LogP contribution in [0.25, 0.3) is 0 Å². The Balaban J connectivity index is 1.64. The number of hydrogen-bond donors (Lipinski definition) is 1. The topological polar surface area (TPSA) is 60.9 Å². The lowest BCUT2D eigenvalue weighted by atomic mass is 10.1. The van der Waals surface area contributed by atoms with Crippen LogP contribution in [-0.2, 0) is 16.0 Å². The molecule has 1 aromatic rings. The Kier molecular flexibility index (Phi) is 3.34. The van der Waals surface area contributed by atoms with Gasteiger partial charge < -0.3 is 14.9 Å². The number of benzene rings is 1. The highest BCUT2D eigenvalue weighted by molar-refractivity contribution is 5.82. The minimum absolute atomic E-state index is 0.0190. The molecule has 1 N–H and O–H groups in total. The van der Waals surface area contributed by atoms with Crippen LogP contribution in [0.2, 0.25) is 0 Å². The Hall–Kier alpha value is -2.04. The number of hydrogen-bond acceptors (Lipinski definition) is 3. The SMILES string of the molecule is O=C(Cc1ccccc1O)N1CCN2C(=O)CC[C@@H]2C1. The minimum atomic E-state index is 0.0190. The Morgan fingerprint density at radius 3 is 2.90 bits per heavy atom. The number of amides is 2. The van der Waals surface area contributed by atoms with Gasteiger partial charge in [-0.2, -0.15) is 0 Å². The van der Waals surface area contributed by atoms with Crippen molar-refractivity contribution >= 4 is 11.8 Å². The van der Waals surface area contributed by atoms with E-state index in [9.17, 15) is 14.7 Å². The zero-order valence-corrected chi connectivity index (χ0v) is 11.3. The van der Waals surface area contributed by atoms with Crippen LogP contribution in [0.5, 0.6) is 5.75 Å². The first-order valence-electron chi connectivity index (χ1n) is 6.99. The highest BCUT2D eigenvalue weighted by atomic mass is 16.3. The molecule has 2 saturated heterocycles. The van der Waals surface area contributed by atoms with Crippen molar-refractivity contribution in [1.29, 1.82) is 0 Å². The predicted octanol–water partition coefficient (Wildman–Crippen LogP) is 0.768. The summed E-state index contributed by atoms with van der Waals surface area (Å²) in [5, 5.41) is 9.72. The molecule has 0 spiro atoms. The van der Waals surface area contributed by atoms with E-state index in [1.54, 1.807) is 18.2 Å². The third kappa shape index (κ3) is 2.35. The number of carbonyl (C=O) groups excluding carboxylic acids is 2. The van der Waals surface area contributed by atoms with E-state index < -0.39 is 0 Å². The van der Waals surface area contributed by atoms with Gasteiger partial charge in [0.25, 0.3) is 0 Å². The summed E-state index contributed by atoms with van der Waals surface area (Å²) in [7, 11) is 0. The van der Waals surface area contributed by atoms with Gasteiger partial charge in [0.05, 0.1) is 6.42 Å². The van der Waals surface area contributed by atoms with E-state index in [0.717, 1.165) is 6.42 Å². The molecule has 1 atom stereocenters. The summed E-state index contributed by atoms with van der Waals surface area (Å²) in [6.07, 6.45) is 1.67. The highest BCUT2D eigenvalue weighted by Crippen LogP contribution is 2.24. The summed E-state index contributed by atoms with van der Waals surface area (Å²) in [4.78, 5) is 27.6. The summed E-state index contributed by atoms with van der Waals surface area (Å²) in [6, 6.07) is 7.10. The molecule has 106 valence electrons. The fourth-order valence-corrected chi connectivity index (χ4v) is 3.03. The van der Waals surface area contributed by atoms with Crippen LogP contribution >= 0.6 is 0 Å². The van der Waals surface area contributed by atoms with Gasteiger partial charge in [0.1, 0.15) is 5.75 Å². The maximum Gasteiger partial charge on any atom is 0.227 e. The molecular weight excluding hydrogens is 256 g/mol. The number of rotatable bonds is 2. The second-order valence-corrected chi connectivity index (χ2v) is 5.42. The van der Waals surface area contributed by atoms with Crippen molar-refractivity contribution in [3.8, 4) is 5.75 Å². The molecule has 2 aliphatic rings. The van der Waals surface area contributed by atoms with Gasteiger partial charge >= 0.3 is 0 Å². The van der Waals surface area contributed by atoms with E-state index in [-0.39, 0.29) is 30.0 Å². The van der Waals surface area contributed by atoms with Crippen molar-refractivity contribution in [3.05, 3.63) is 29.8 Å². The Morgan fingerprint density at radius 1 is 1.30 bits per heavy atom. The first-order chi connectivity index (χ1) is 9.65. The average molecular weight is 274 g/mol. The van der Waals surface area contributed by atoms with Crippen molar-refractivity contribution < 1.29 is 14.7 Å². The Morgan fingerprint density at radius 2 is 2.10 bits per heavy atom. The standard InChI is InChI=1S/C15H18N2O3/c18-13-4-2-1-3-11(13)9-15(20)16-7-8-17-12(10-16)5-6-14(17)19/h1-4,12,18H,5-10H2/t12-/m1/s1. The second-order valence-electron chi connectivity index (χ2n) is 5.42. The van der Waals surface area contributed by atoms with Crippen molar-refractivity contribution in [3.63, 3.8) is 0 Å². The van der Waals surface area contributed by atoms with Gasteiger partial charge in [-0.25, -0.2) is 0 Å². The second kappa shape index (κ2) is 5.15. The van der Waals surface area contributed by atoms with E-state index in [1.807, 2.05) is 15.9 Å². The zero-order valence-electron chi connectivity index (χ0n) is 11.3. The van der Waals surface area contributed by atoms with Gasteiger partial charge in [-0.1, -0.05) is 18.2 Å². The lowest BCUT2D eigenvalue weighted by Crippen LogP contribution is -2.53. The number of piperazine rings is 1. The molecule has 0 unspecified atom stereocenters. The van der Waals surface area contributed by atoms with Crippen LogP contribution in [0.15, 0.2) is 24.3 Å². The fraction of sp³-hybridized carbons (Fsp3) is 0.467. The first-order valence-corrected chi connectivity index (χ1v) is 6.99. The summed E-state index contributed by atoms with van der Waals surface area (Å²) >= 11 is 0. The lowest BCUT2D eigenvalue weighted by molar-refractivity contribution is -0.138. The summed E-state index contributed by atoms with van der Waals surface area (Å²) < 4.78 is 0. The van der Waals surface area contributed by atoms with E-state index in [2.05, 4.69) is 0 Å². The van der Waals surface area contributed by atoms with Crippen LogP contribution in [0, 0.1) is 0 Å². The molecule has 2 fully saturated rings.